The molecule has 11 nitrogen and oxygen atoms in total. The van der Waals surface area contributed by atoms with Crippen molar-refractivity contribution >= 4 is 34.9 Å². The SMILES string of the molecule is CN1CCC(N(C)C(=O)c2ccc(Nc3nc4c(C5=CCN(C(=O)OC6CCOC6)CC5)cccn4n3)cc2)CC1. The molecule has 6 rings (SSSR count). The number of nitrogens with one attached hydrogen (secondary N) is 1. The Labute approximate surface area is 239 Å². The van der Waals surface area contributed by atoms with Crippen LogP contribution in [0.4, 0.5) is 16.4 Å². The Bertz CT molecular complexity index is 1420. The molecule has 1 unspecified atom stereocenters. The minimum absolute atomic E-state index is 0.0433. The highest BCUT2D eigenvalue weighted by Gasteiger charge is 2.26. The summed E-state index contributed by atoms with van der Waals surface area (Å²) < 4.78 is 12.6. The van der Waals surface area contributed by atoms with Crippen molar-refractivity contribution in [3.63, 3.8) is 0 Å². The molecular weight excluding hydrogens is 522 g/mol. The maximum Gasteiger partial charge on any atom is 0.410 e. The molecular formula is C30H37N7O4. The second kappa shape index (κ2) is 11.9. The zero-order chi connectivity index (χ0) is 28.3. The second-order valence-corrected chi connectivity index (χ2v) is 11.1. The van der Waals surface area contributed by atoms with Gasteiger partial charge in [-0.15, -0.1) is 5.10 Å². The molecule has 216 valence electrons. The van der Waals surface area contributed by atoms with Crippen molar-refractivity contribution in [1.82, 2.24) is 29.3 Å². The van der Waals surface area contributed by atoms with Gasteiger partial charge in [0, 0.05) is 55.6 Å². The van der Waals surface area contributed by atoms with Crippen molar-refractivity contribution in [3.8, 4) is 0 Å². The summed E-state index contributed by atoms with van der Waals surface area (Å²) in [5.74, 6) is 0.516. The van der Waals surface area contributed by atoms with E-state index in [1.807, 2.05) is 54.5 Å². The van der Waals surface area contributed by atoms with Gasteiger partial charge in [0.25, 0.3) is 5.91 Å². The smallest absolute Gasteiger partial charge is 0.410 e. The molecule has 2 amide bonds. The van der Waals surface area contributed by atoms with Gasteiger partial charge in [0.2, 0.25) is 5.95 Å². The van der Waals surface area contributed by atoms with Crippen molar-refractivity contribution in [2.45, 2.75) is 37.8 Å². The Morgan fingerprint density at radius 1 is 1.10 bits per heavy atom. The summed E-state index contributed by atoms with van der Waals surface area (Å²) in [4.78, 5) is 36.2. The Kier molecular flexibility index (Phi) is 7.89. The maximum absolute atomic E-state index is 13.1. The van der Waals surface area contributed by atoms with Crippen molar-refractivity contribution in [2.75, 3.05) is 58.8 Å². The Balaban J connectivity index is 1.10. The maximum atomic E-state index is 13.1. The molecule has 0 bridgehead atoms. The fraction of sp³-hybridized carbons (Fsp3) is 0.467. The van der Waals surface area contributed by atoms with Crippen molar-refractivity contribution < 1.29 is 19.1 Å². The van der Waals surface area contributed by atoms with Crippen molar-refractivity contribution in [2.24, 2.45) is 0 Å². The average molecular weight is 560 g/mol. The van der Waals surface area contributed by atoms with Gasteiger partial charge in [0.05, 0.1) is 13.2 Å². The van der Waals surface area contributed by atoms with Crippen LogP contribution in [0.1, 0.15) is 41.6 Å². The third-order valence-electron chi connectivity index (χ3n) is 8.28. The van der Waals surface area contributed by atoms with Crippen LogP contribution in [0.15, 0.2) is 48.7 Å². The molecule has 2 saturated heterocycles. The lowest BCUT2D eigenvalue weighted by Crippen LogP contribution is -2.44. The number of amides is 2. The molecule has 3 aliphatic heterocycles. The van der Waals surface area contributed by atoms with Crippen LogP contribution in [-0.4, -0.2) is 107 Å². The molecule has 5 heterocycles. The predicted molar refractivity (Wildman–Crippen MR) is 155 cm³/mol. The van der Waals surface area contributed by atoms with Gasteiger partial charge >= 0.3 is 6.09 Å². The summed E-state index contributed by atoms with van der Waals surface area (Å²) in [7, 11) is 4.02. The predicted octanol–water partition coefficient (Wildman–Crippen LogP) is 3.65. The molecule has 0 radical (unpaired) electrons. The largest absolute Gasteiger partial charge is 0.444 e. The molecule has 3 aromatic rings. The number of piperidine rings is 1. The van der Waals surface area contributed by atoms with Gasteiger partial charge in [-0.05, 0) is 81.4 Å². The van der Waals surface area contributed by atoms with Crippen LogP contribution in [0.2, 0.25) is 0 Å². The van der Waals surface area contributed by atoms with Gasteiger partial charge in [-0.1, -0.05) is 6.08 Å². The van der Waals surface area contributed by atoms with Gasteiger partial charge in [-0.3, -0.25) is 4.79 Å². The molecule has 1 aromatic carbocycles. The highest BCUT2D eigenvalue weighted by atomic mass is 16.6. The van der Waals surface area contributed by atoms with Crippen LogP contribution >= 0.6 is 0 Å². The van der Waals surface area contributed by atoms with Gasteiger partial charge in [0.1, 0.15) is 6.10 Å². The van der Waals surface area contributed by atoms with E-state index in [4.69, 9.17) is 14.5 Å². The monoisotopic (exact) mass is 559 g/mol. The van der Waals surface area contributed by atoms with E-state index in [0.29, 0.717) is 44.2 Å². The number of carbonyl (C=O) groups excluding carboxylic acids is 2. The third kappa shape index (κ3) is 6.06. The van der Waals surface area contributed by atoms with E-state index in [9.17, 15) is 9.59 Å². The van der Waals surface area contributed by atoms with E-state index in [2.05, 4.69) is 28.4 Å². The lowest BCUT2D eigenvalue weighted by molar-refractivity contribution is 0.0569. The Hall–Kier alpha value is -3.96. The number of pyridine rings is 1. The molecule has 0 aliphatic carbocycles. The van der Waals surface area contributed by atoms with Gasteiger partial charge < -0.3 is 29.5 Å². The number of fused-ring (bicyclic) bond motifs is 1. The summed E-state index contributed by atoms with van der Waals surface area (Å²) in [6, 6.07) is 11.7. The summed E-state index contributed by atoms with van der Waals surface area (Å²) >= 11 is 0. The minimum atomic E-state index is -0.288. The Morgan fingerprint density at radius 2 is 1.90 bits per heavy atom. The number of likely N-dealkylation sites (tertiary alicyclic amines) is 1. The normalized spacial score (nSPS) is 20.2. The number of hydrogen-bond donors (Lipinski definition) is 1. The van der Waals surface area contributed by atoms with Crippen molar-refractivity contribution in [3.05, 3.63) is 59.8 Å². The number of rotatable bonds is 6. The molecule has 1 atom stereocenters. The number of aromatic nitrogens is 3. The summed E-state index contributed by atoms with van der Waals surface area (Å²) in [6.45, 7) is 4.21. The van der Waals surface area contributed by atoms with E-state index in [1.54, 1.807) is 9.42 Å². The van der Waals surface area contributed by atoms with Gasteiger partial charge in [0.15, 0.2) is 5.65 Å². The molecule has 1 N–H and O–H groups in total. The third-order valence-corrected chi connectivity index (χ3v) is 8.28. The van der Waals surface area contributed by atoms with E-state index >= 15 is 0 Å². The number of benzene rings is 1. The van der Waals surface area contributed by atoms with Crippen LogP contribution < -0.4 is 5.32 Å². The van der Waals surface area contributed by atoms with Crippen LogP contribution in [0.5, 0.6) is 0 Å². The molecule has 2 aromatic heterocycles. The molecule has 41 heavy (non-hydrogen) atoms. The number of ether oxygens (including phenoxy) is 2. The highest BCUT2D eigenvalue weighted by Crippen LogP contribution is 2.27. The minimum Gasteiger partial charge on any atom is -0.444 e. The highest BCUT2D eigenvalue weighted by molar-refractivity contribution is 5.94. The van der Waals surface area contributed by atoms with Gasteiger partial charge in [-0.2, -0.15) is 4.98 Å². The molecule has 0 spiro atoms. The first-order valence-corrected chi connectivity index (χ1v) is 14.4. The van der Waals surface area contributed by atoms with Crippen LogP contribution in [0, 0.1) is 0 Å². The molecule has 11 heteroatoms. The van der Waals surface area contributed by atoms with E-state index in [0.717, 1.165) is 54.8 Å². The lowest BCUT2D eigenvalue weighted by atomic mass is 10.0. The first kappa shape index (κ1) is 27.2. The van der Waals surface area contributed by atoms with Crippen LogP contribution in [0.25, 0.3) is 11.2 Å². The summed E-state index contributed by atoms with van der Waals surface area (Å²) in [5, 5.41) is 7.88. The topological polar surface area (TPSA) is 105 Å². The van der Waals surface area contributed by atoms with E-state index in [1.165, 1.54) is 0 Å². The van der Waals surface area contributed by atoms with Crippen LogP contribution in [0.3, 0.4) is 0 Å². The zero-order valence-corrected chi connectivity index (χ0v) is 23.7. The van der Waals surface area contributed by atoms with Crippen LogP contribution in [-0.2, 0) is 9.47 Å². The number of nitrogens with zero attached hydrogens (tertiary/aromatic N) is 6. The number of carbonyl (C=O) groups is 2. The van der Waals surface area contributed by atoms with E-state index in [-0.39, 0.29) is 24.1 Å². The summed E-state index contributed by atoms with van der Waals surface area (Å²) in [6.07, 6.45) is 6.95. The standard InChI is InChI=1S/C30H37N7O4/c1-34-15-11-24(12-16-34)35(2)28(38)22-5-7-23(8-6-22)31-29-32-27-26(4-3-14-37(27)33-29)21-9-17-36(18-10-21)30(39)41-25-13-19-40-20-25/h3-9,14,24-25H,10-13,15-20H2,1-2H3,(H,31,33). The fourth-order valence-electron chi connectivity index (χ4n) is 5.69. The first-order valence-electron chi connectivity index (χ1n) is 14.4. The lowest BCUT2D eigenvalue weighted by Gasteiger charge is -2.35. The van der Waals surface area contributed by atoms with E-state index < -0.39 is 0 Å². The number of hydrogen-bond acceptors (Lipinski definition) is 8. The molecule has 2 fully saturated rings. The van der Waals surface area contributed by atoms with Gasteiger partial charge in [-0.25, -0.2) is 9.31 Å². The molecule has 0 saturated carbocycles. The Morgan fingerprint density at radius 3 is 2.61 bits per heavy atom. The van der Waals surface area contributed by atoms with Crippen molar-refractivity contribution in [1.29, 1.82) is 0 Å². The number of anilines is 2. The second-order valence-electron chi connectivity index (χ2n) is 11.1. The average Bonchev–Trinajstić information content (AvgIpc) is 3.67. The molecule has 3 aliphatic rings. The summed E-state index contributed by atoms with van der Waals surface area (Å²) in [5.41, 5.74) is 4.33. The fourth-order valence-corrected chi connectivity index (χ4v) is 5.69. The quantitative estimate of drug-likeness (QED) is 0.488. The zero-order valence-electron chi connectivity index (χ0n) is 23.7. The first-order chi connectivity index (χ1) is 19.9.